The van der Waals surface area contributed by atoms with Gasteiger partial charge in [-0.05, 0) is 142 Å². The third kappa shape index (κ3) is 8.01. The highest BCUT2D eigenvalue weighted by atomic mass is 32.1. The molecule has 0 aliphatic carbocycles. The molecule has 6 heterocycles. The van der Waals surface area contributed by atoms with Crippen molar-refractivity contribution in [2.75, 3.05) is 0 Å². The topological polar surface area (TPSA) is 32.9 Å². The minimum Gasteiger partial charge on any atom is -0.456 e. The molecule has 0 fully saturated rings. The quantitative estimate of drug-likeness (QED) is 0.163. The number of fused-ring (bicyclic) bond motifs is 24. The summed E-state index contributed by atoms with van der Waals surface area (Å²) in [5, 5.41) is 20.1. The van der Waals surface area contributed by atoms with E-state index in [-0.39, 0.29) is 0 Å². The van der Waals surface area contributed by atoms with Gasteiger partial charge in [-0.3, -0.25) is 0 Å². The fourth-order valence-electron chi connectivity index (χ4n) is 16.6. The summed E-state index contributed by atoms with van der Waals surface area (Å²) in [5.74, 6) is 0. The first kappa shape index (κ1) is 54.6. The third-order valence-corrected chi connectivity index (χ3v) is 21.7. The smallest absolute Gasteiger partial charge is 0.136 e. The van der Waals surface area contributed by atoms with E-state index in [1.165, 1.54) is 151 Å². The molecule has 0 atom stereocenters. The number of para-hydroxylation sites is 5. The standard InChI is InChI=1S/C46H28N2O.C46H28N2S/c2*1-2-14-31(15-3-1)47-38-21-8-6-18-35(38)44-39(47)26-27-40-45(44)37-25-24-29-12-4-5-17-34(29)46(37)48(40)32-16-10-13-30(28-32)33-20-11-23-42-43(33)36-19-7-9-22-41(36)49-42/h2*1-28H. The van der Waals surface area contributed by atoms with Crippen LogP contribution >= 0.6 is 11.3 Å². The summed E-state index contributed by atoms with van der Waals surface area (Å²) in [4.78, 5) is 0. The second-order valence-electron chi connectivity index (χ2n) is 25.8. The van der Waals surface area contributed by atoms with Crippen molar-refractivity contribution in [3.05, 3.63) is 340 Å². The van der Waals surface area contributed by atoms with E-state index in [0.717, 1.165) is 44.6 Å². The number of rotatable bonds is 6. The first-order valence-corrected chi connectivity index (χ1v) is 34.4. The maximum absolute atomic E-state index is 6.28. The molecule has 0 radical (unpaired) electrons. The van der Waals surface area contributed by atoms with Crippen molar-refractivity contribution in [1.29, 1.82) is 0 Å². The van der Waals surface area contributed by atoms with Gasteiger partial charge in [0, 0.05) is 108 Å². The molecular formula is C92H56N4OS. The Morgan fingerprint density at radius 1 is 0.214 bits per heavy atom. The molecule has 0 spiro atoms. The number of nitrogens with zero attached hydrogens (tertiary/aromatic N) is 4. The van der Waals surface area contributed by atoms with Crippen LogP contribution in [0.3, 0.4) is 0 Å². The maximum Gasteiger partial charge on any atom is 0.136 e. The molecule has 0 saturated carbocycles. The Labute approximate surface area is 565 Å². The van der Waals surface area contributed by atoms with Crippen LogP contribution in [0.4, 0.5) is 0 Å². The predicted molar refractivity (Wildman–Crippen MR) is 416 cm³/mol. The average Bonchev–Trinajstić information content (AvgIpc) is 1.54. The van der Waals surface area contributed by atoms with Crippen LogP contribution < -0.4 is 0 Å². The van der Waals surface area contributed by atoms with Crippen molar-refractivity contribution < 1.29 is 4.42 Å². The summed E-state index contributed by atoms with van der Waals surface area (Å²) in [7, 11) is 0. The normalized spacial score (nSPS) is 12.1. The molecule has 6 heteroatoms. The summed E-state index contributed by atoms with van der Waals surface area (Å²) in [5.41, 5.74) is 21.0. The molecular weight excluding hydrogens is 1210 g/mol. The molecule has 98 heavy (non-hydrogen) atoms. The molecule has 0 amide bonds. The molecule has 0 N–H and O–H groups in total. The number of hydrogen-bond acceptors (Lipinski definition) is 2. The lowest BCUT2D eigenvalue weighted by molar-refractivity contribution is 0.669. The van der Waals surface area contributed by atoms with Crippen LogP contribution in [0.2, 0.25) is 0 Å². The van der Waals surface area contributed by atoms with E-state index in [0.29, 0.717) is 0 Å². The molecule has 22 rings (SSSR count). The summed E-state index contributed by atoms with van der Waals surface area (Å²) < 4.78 is 18.8. The predicted octanol–water partition coefficient (Wildman–Crippen LogP) is 25.7. The van der Waals surface area contributed by atoms with Crippen molar-refractivity contribution >= 4 is 162 Å². The molecule has 16 aromatic carbocycles. The first-order chi connectivity index (χ1) is 48.7. The zero-order chi connectivity index (χ0) is 64.1. The molecule has 456 valence electrons. The minimum atomic E-state index is 0.907. The monoisotopic (exact) mass is 1260 g/mol. The van der Waals surface area contributed by atoms with Crippen LogP contribution in [-0.4, -0.2) is 18.3 Å². The van der Waals surface area contributed by atoms with Crippen LogP contribution in [0.5, 0.6) is 0 Å². The summed E-state index contributed by atoms with van der Waals surface area (Å²) >= 11 is 1.87. The molecule has 0 saturated heterocycles. The van der Waals surface area contributed by atoms with E-state index in [1.807, 2.05) is 23.5 Å². The zero-order valence-electron chi connectivity index (χ0n) is 52.9. The van der Waals surface area contributed by atoms with Gasteiger partial charge in [0.15, 0.2) is 0 Å². The molecule has 0 aliphatic heterocycles. The lowest BCUT2D eigenvalue weighted by Gasteiger charge is -2.13. The van der Waals surface area contributed by atoms with Gasteiger partial charge in [0.25, 0.3) is 0 Å². The number of aromatic nitrogens is 4. The lowest BCUT2D eigenvalue weighted by atomic mass is 9.99. The largest absolute Gasteiger partial charge is 0.456 e. The minimum absolute atomic E-state index is 0.907. The van der Waals surface area contributed by atoms with Gasteiger partial charge in [-0.2, -0.15) is 0 Å². The average molecular weight is 1270 g/mol. The van der Waals surface area contributed by atoms with E-state index in [9.17, 15) is 0 Å². The van der Waals surface area contributed by atoms with Gasteiger partial charge in [-0.1, -0.05) is 231 Å². The lowest BCUT2D eigenvalue weighted by Crippen LogP contribution is -1.96. The fraction of sp³-hybridized carbons (Fsp3) is 0. The highest BCUT2D eigenvalue weighted by molar-refractivity contribution is 7.26. The van der Waals surface area contributed by atoms with Crippen LogP contribution in [0.1, 0.15) is 0 Å². The number of hydrogen-bond donors (Lipinski definition) is 0. The van der Waals surface area contributed by atoms with E-state index in [4.69, 9.17) is 4.42 Å². The van der Waals surface area contributed by atoms with E-state index in [1.54, 1.807) is 0 Å². The Balaban J connectivity index is 0.000000129. The van der Waals surface area contributed by atoms with E-state index < -0.39 is 0 Å². The SMILES string of the molecule is c1ccc(-n2c3ccccc3c3c4c5ccc6ccccc6c5n(-c5cccc(-c6cccc7oc8ccccc8c67)c5)c4ccc32)cc1.c1ccc(-n2c3ccccc3c3c4c5ccc6ccccc6c5n(-c5cccc(-c6cccc7sc8ccccc8c67)c5)c4ccc32)cc1. The van der Waals surface area contributed by atoms with Crippen molar-refractivity contribution in [2.45, 2.75) is 0 Å². The Hall–Kier alpha value is -12.7. The van der Waals surface area contributed by atoms with Crippen molar-refractivity contribution in [3.63, 3.8) is 0 Å². The molecule has 22 aromatic rings. The van der Waals surface area contributed by atoms with Gasteiger partial charge >= 0.3 is 0 Å². The fourth-order valence-corrected chi connectivity index (χ4v) is 17.7. The molecule has 0 aliphatic rings. The molecule has 0 bridgehead atoms. The van der Waals surface area contributed by atoms with Crippen LogP contribution in [0.15, 0.2) is 344 Å². The number of benzene rings is 16. The molecule has 0 unspecified atom stereocenters. The van der Waals surface area contributed by atoms with Gasteiger partial charge in [-0.25, -0.2) is 0 Å². The molecule has 6 aromatic heterocycles. The van der Waals surface area contributed by atoms with Crippen LogP contribution in [0, 0.1) is 0 Å². The van der Waals surface area contributed by atoms with Gasteiger partial charge < -0.3 is 22.7 Å². The second-order valence-corrected chi connectivity index (χ2v) is 26.9. The number of furan rings is 1. The van der Waals surface area contributed by atoms with Gasteiger partial charge in [0.2, 0.25) is 0 Å². The molecule has 5 nitrogen and oxygen atoms in total. The second kappa shape index (κ2) is 21.4. The van der Waals surface area contributed by atoms with Gasteiger partial charge in [0.05, 0.1) is 44.1 Å². The van der Waals surface area contributed by atoms with Crippen molar-refractivity contribution in [2.24, 2.45) is 0 Å². The van der Waals surface area contributed by atoms with Crippen LogP contribution in [0.25, 0.3) is 196 Å². The van der Waals surface area contributed by atoms with Gasteiger partial charge in [-0.15, -0.1) is 11.3 Å². The first-order valence-electron chi connectivity index (χ1n) is 33.6. The van der Waals surface area contributed by atoms with E-state index >= 15 is 0 Å². The maximum atomic E-state index is 6.28. The summed E-state index contributed by atoms with van der Waals surface area (Å²) in [6, 6.07) is 124. The van der Waals surface area contributed by atoms with E-state index in [2.05, 4.69) is 346 Å². The zero-order valence-corrected chi connectivity index (χ0v) is 53.8. The Morgan fingerprint density at radius 3 is 1.17 bits per heavy atom. The third-order valence-electron chi connectivity index (χ3n) is 20.6. The Morgan fingerprint density at radius 2 is 0.612 bits per heavy atom. The Kier molecular flexibility index (Phi) is 11.9. The van der Waals surface area contributed by atoms with Crippen LogP contribution in [-0.2, 0) is 0 Å². The van der Waals surface area contributed by atoms with Crippen molar-refractivity contribution in [1.82, 2.24) is 18.3 Å². The van der Waals surface area contributed by atoms with Gasteiger partial charge in [0.1, 0.15) is 11.2 Å². The Bertz CT molecular complexity index is 6630. The summed E-state index contributed by atoms with van der Waals surface area (Å²) in [6.45, 7) is 0. The highest BCUT2D eigenvalue weighted by Gasteiger charge is 2.25. The highest BCUT2D eigenvalue weighted by Crippen LogP contribution is 2.48. The summed E-state index contributed by atoms with van der Waals surface area (Å²) in [6.07, 6.45) is 0. The number of thiophene rings is 1. The van der Waals surface area contributed by atoms with Crippen molar-refractivity contribution in [3.8, 4) is 45.0 Å².